The average Bonchev–Trinajstić information content (AvgIpc) is 2.75. The van der Waals surface area contributed by atoms with Crippen molar-refractivity contribution < 1.29 is 4.79 Å². The number of hydrogen-bond donors (Lipinski definition) is 2. The number of nitrogens with one attached hydrogen (secondary N) is 1. The first-order valence-corrected chi connectivity index (χ1v) is 6.56. The molecule has 0 radical (unpaired) electrons. The van der Waals surface area contributed by atoms with E-state index in [-0.39, 0.29) is 11.4 Å². The third kappa shape index (κ3) is 2.90. The van der Waals surface area contributed by atoms with E-state index < -0.39 is 6.04 Å². The molecular formula is C13H22N4O. The van der Waals surface area contributed by atoms with E-state index in [2.05, 4.69) is 17.3 Å². The van der Waals surface area contributed by atoms with E-state index in [0.29, 0.717) is 0 Å². The summed E-state index contributed by atoms with van der Waals surface area (Å²) in [6.07, 6.45) is 9.13. The minimum Gasteiger partial charge on any atom is -0.349 e. The highest BCUT2D eigenvalue weighted by Crippen LogP contribution is 2.28. The highest BCUT2D eigenvalue weighted by atomic mass is 16.2. The van der Waals surface area contributed by atoms with Crippen LogP contribution in [0.1, 0.15) is 50.6 Å². The number of carbonyl (C=O) groups excluding carboxylic acids is 1. The normalized spacial score (nSPS) is 20.4. The highest BCUT2D eigenvalue weighted by molar-refractivity contribution is 5.83. The summed E-state index contributed by atoms with van der Waals surface area (Å²) in [6.45, 7) is 2.11. The van der Waals surface area contributed by atoms with Crippen LogP contribution in [0.4, 0.5) is 0 Å². The second kappa shape index (κ2) is 5.10. The maximum Gasteiger partial charge on any atom is 0.242 e. The second-order valence-corrected chi connectivity index (χ2v) is 5.54. The van der Waals surface area contributed by atoms with Gasteiger partial charge in [-0.2, -0.15) is 5.10 Å². The summed E-state index contributed by atoms with van der Waals surface area (Å²) >= 11 is 0. The molecule has 2 rings (SSSR count). The van der Waals surface area contributed by atoms with Crippen molar-refractivity contribution in [2.75, 3.05) is 0 Å². The van der Waals surface area contributed by atoms with Crippen LogP contribution in [0.3, 0.4) is 0 Å². The van der Waals surface area contributed by atoms with Crippen molar-refractivity contribution in [3.63, 3.8) is 0 Å². The second-order valence-electron chi connectivity index (χ2n) is 5.54. The zero-order valence-corrected chi connectivity index (χ0v) is 11.1. The Labute approximate surface area is 108 Å². The van der Waals surface area contributed by atoms with Crippen molar-refractivity contribution in [3.05, 3.63) is 18.0 Å². The first kappa shape index (κ1) is 13.1. The molecule has 0 aliphatic heterocycles. The van der Waals surface area contributed by atoms with E-state index in [1.807, 2.05) is 7.05 Å². The van der Waals surface area contributed by atoms with E-state index in [1.165, 1.54) is 19.3 Å². The van der Waals surface area contributed by atoms with Gasteiger partial charge in [0.2, 0.25) is 5.91 Å². The van der Waals surface area contributed by atoms with E-state index in [0.717, 1.165) is 18.4 Å². The SMILES string of the molecule is Cn1cc(C(N)C(=O)NC2(C)CCCCC2)cn1. The molecule has 0 spiro atoms. The van der Waals surface area contributed by atoms with Crippen LogP contribution in [0.5, 0.6) is 0 Å². The molecule has 1 fully saturated rings. The van der Waals surface area contributed by atoms with Gasteiger partial charge in [0.15, 0.2) is 0 Å². The largest absolute Gasteiger partial charge is 0.349 e. The topological polar surface area (TPSA) is 72.9 Å². The summed E-state index contributed by atoms with van der Waals surface area (Å²) in [6, 6.07) is -0.627. The predicted molar refractivity (Wildman–Crippen MR) is 69.8 cm³/mol. The third-order valence-corrected chi connectivity index (χ3v) is 3.75. The minimum absolute atomic E-state index is 0.0881. The molecule has 0 bridgehead atoms. The Bertz CT molecular complexity index is 420. The molecular weight excluding hydrogens is 228 g/mol. The van der Waals surface area contributed by atoms with Crippen molar-refractivity contribution in [3.8, 4) is 0 Å². The number of hydrogen-bond acceptors (Lipinski definition) is 3. The van der Waals surface area contributed by atoms with E-state index in [1.54, 1.807) is 17.1 Å². The fourth-order valence-corrected chi connectivity index (χ4v) is 2.58. The molecule has 0 aromatic carbocycles. The van der Waals surface area contributed by atoms with Gasteiger partial charge in [0.1, 0.15) is 6.04 Å². The monoisotopic (exact) mass is 250 g/mol. The fraction of sp³-hybridized carbons (Fsp3) is 0.692. The number of aryl methyl sites for hydroxylation is 1. The van der Waals surface area contributed by atoms with Crippen LogP contribution in [0.25, 0.3) is 0 Å². The first-order chi connectivity index (χ1) is 8.50. The fourth-order valence-electron chi connectivity index (χ4n) is 2.58. The lowest BCUT2D eigenvalue weighted by Crippen LogP contribution is -2.50. The first-order valence-electron chi connectivity index (χ1n) is 6.56. The van der Waals surface area contributed by atoms with Crippen molar-refractivity contribution in [1.29, 1.82) is 0 Å². The van der Waals surface area contributed by atoms with Gasteiger partial charge in [-0.25, -0.2) is 0 Å². The number of nitrogens with two attached hydrogens (primary N) is 1. The van der Waals surface area contributed by atoms with Crippen LogP contribution in [-0.2, 0) is 11.8 Å². The lowest BCUT2D eigenvalue weighted by atomic mass is 9.83. The summed E-state index contributed by atoms with van der Waals surface area (Å²) in [7, 11) is 1.82. The van der Waals surface area contributed by atoms with Crippen molar-refractivity contribution in [2.45, 2.75) is 50.6 Å². The van der Waals surface area contributed by atoms with Gasteiger partial charge in [0.25, 0.3) is 0 Å². The molecule has 1 saturated carbocycles. The maximum atomic E-state index is 12.2. The molecule has 1 heterocycles. The highest BCUT2D eigenvalue weighted by Gasteiger charge is 2.30. The average molecular weight is 250 g/mol. The van der Waals surface area contributed by atoms with Crippen LogP contribution in [0, 0.1) is 0 Å². The lowest BCUT2D eigenvalue weighted by Gasteiger charge is -2.35. The molecule has 0 saturated heterocycles. The van der Waals surface area contributed by atoms with E-state index in [4.69, 9.17) is 5.73 Å². The number of rotatable bonds is 3. The number of carbonyl (C=O) groups is 1. The molecule has 1 atom stereocenters. The molecule has 1 aliphatic carbocycles. The van der Waals surface area contributed by atoms with E-state index in [9.17, 15) is 4.79 Å². The number of aromatic nitrogens is 2. The van der Waals surface area contributed by atoms with Gasteiger partial charge in [-0.15, -0.1) is 0 Å². The molecule has 1 aliphatic rings. The Hall–Kier alpha value is -1.36. The molecule has 100 valence electrons. The molecule has 1 unspecified atom stereocenters. The Morgan fingerprint density at radius 1 is 1.50 bits per heavy atom. The molecule has 5 heteroatoms. The maximum absolute atomic E-state index is 12.2. The molecule has 18 heavy (non-hydrogen) atoms. The van der Waals surface area contributed by atoms with Crippen LogP contribution < -0.4 is 11.1 Å². The molecule has 1 amide bonds. The third-order valence-electron chi connectivity index (χ3n) is 3.75. The summed E-state index contributed by atoms with van der Waals surface area (Å²) in [5.41, 5.74) is 6.63. The van der Waals surface area contributed by atoms with E-state index >= 15 is 0 Å². The molecule has 1 aromatic heterocycles. The zero-order valence-electron chi connectivity index (χ0n) is 11.1. The van der Waals surface area contributed by atoms with Crippen molar-refractivity contribution in [2.24, 2.45) is 12.8 Å². The molecule has 1 aromatic rings. The standard InChI is InChI=1S/C13H22N4O/c1-13(6-4-3-5-7-13)16-12(18)11(14)10-8-15-17(2)9-10/h8-9,11H,3-7,14H2,1-2H3,(H,16,18). The van der Waals surface area contributed by atoms with Gasteiger partial charge in [0.05, 0.1) is 6.20 Å². The molecule has 3 N–H and O–H groups in total. The predicted octanol–water partition coefficient (Wildman–Crippen LogP) is 1.26. The zero-order chi connectivity index (χ0) is 13.2. The van der Waals surface area contributed by atoms with Crippen LogP contribution in [0.2, 0.25) is 0 Å². The Kier molecular flexibility index (Phi) is 3.71. The van der Waals surface area contributed by atoms with Gasteiger partial charge >= 0.3 is 0 Å². The smallest absolute Gasteiger partial charge is 0.242 e. The van der Waals surface area contributed by atoms with Crippen LogP contribution in [0.15, 0.2) is 12.4 Å². The number of nitrogens with zero attached hydrogens (tertiary/aromatic N) is 2. The quantitative estimate of drug-likeness (QED) is 0.848. The minimum atomic E-state index is -0.627. The lowest BCUT2D eigenvalue weighted by molar-refractivity contribution is -0.124. The number of amides is 1. The summed E-state index contributed by atoms with van der Waals surface area (Å²) in [4.78, 5) is 12.2. The summed E-state index contributed by atoms with van der Waals surface area (Å²) < 4.78 is 1.66. The van der Waals surface area contributed by atoms with Crippen LogP contribution in [-0.4, -0.2) is 21.2 Å². The van der Waals surface area contributed by atoms with Crippen LogP contribution >= 0.6 is 0 Å². The summed E-state index contributed by atoms with van der Waals surface area (Å²) in [5, 5.41) is 7.14. The Morgan fingerprint density at radius 2 is 2.17 bits per heavy atom. The Morgan fingerprint density at radius 3 is 2.72 bits per heavy atom. The van der Waals surface area contributed by atoms with Gasteiger partial charge < -0.3 is 11.1 Å². The van der Waals surface area contributed by atoms with Gasteiger partial charge in [-0.3, -0.25) is 9.48 Å². The van der Waals surface area contributed by atoms with Crippen molar-refractivity contribution in [1.82, 2.24) is 15.1 Å². The van der Waals surface area contributed by atoms with Gasteiger partial charge in [-0.1, -0.05) is 19.3 Å². The van der Waals surface area contributed by atoms with Crippen molar-refractivity contribution >= 4 is 5.91 Å². The summed E-state index contributed by atoms with van der Waals surface area (Å²) in [5.74, 6) is -0.104. The van der Waals surface area contributed by atoms with Gasteiger partial charge in [0, 0.05) is 24.3 Å². The molecule has 5 nitrogen and oxygen atoms in total. The Balaban J connectivity index is 1.98. The van der Waals surface area contributed by atoms with Gasteiger partial charge in [-0.05, 0) is 19.8 Å².